The van der Waals surface area contributed by atoms with E-state index in [1.54, 1.807) is 6.92 Å². The minimum Gasteiger partial charge on any atom is -0.314 e. The van der Waals surface area contributed by atoms with E-state index in [2.05, 4.69) is 27.4 Å². The number of amides is 2. The molecule has 6 heteroatoms. The summed E-state index contributed by atoms with van der Waals surface area (Å²) in [4.78, 5) is 25.5. The highest BCUT2D eigenvalue weighted by molar-refractivity contribution is 6.01. The third-order valence-electron chi connectivity index (χ3n) is 4.67. The van der Waals surface area contributed by atoms with Crippen molar-refractivity contribution in [1.29, 1.82) is 0 Å². The quantitative estimate of drug-likeness (QED) is 0.619. The van der Waals surface area contributed by atoms with Crippen molar-refractivity contribution >= 4 is 11.8 Å². The monoisotopic (exact) mass is 343 g/mol. The minimum atomic E-state index is -0.611. The molecule has 25 heavy (non-hydrogen) atoms. The summed E-state index contributed by atoms with van der Waals surface area (Å²) in [6.45, 7) is 6.32. The van der Waals surface area contributed by atoms with E-state index in [9.17, 15) is 14.0 Å². The first-order chi connectivity index (χ1) is 12.0. The molecule has 0 bridgehead atoms. The average molecular weight is 343 g/mol. The van der Waals surface area contributed by atoms with Crippen LogP contribution in [0.2, 0.25) is 0 Å². The maximum Gasteiger partial charge on any atom is 0.234 e. The molecule has 132 valence electrons. The zero-order valence-electron chi connectivity index (χ0n) is 14.3. The van der Waals surface area contributed by atoms with Crippen LogP contribution in [0.5, 0.6) is 0 Å². The van der Waals surface area contributed by atoms with Gasteiger partial charge in [-0.1, -0.05) is 11.8 Å². The van der Waals surface area contributed by atoms with Crippen molar-refractivity contribution in [2.24, 2.45) is 0 Å². The highest BCUT2D eigenvalue weighted by atomic mass is 19.1. The minimum absolute atomic E-state index is 0.238. The Morgan fingerprint density at radius 2 is 2.04 bits per heavy atom. The SMILES string of the molecule is Cc1cc(C#CCN2CCNCC2)cc(F)c1C1CCC(=O)NC1=O. The maximum absolute atomic E-state index is 14.6. The van der Waals surface area contributed by atoms with Crippen LogP contribution in [-0.4, -0.2) is 49.4 Å². The first kappa shape index (κ1) is 17.6. The second-order valence-corrected chi connectivity index (χ2v) is 6.52. The Morgan fingerprint density at radius 1 is 1.28 bits per heavy atom. The molecule has 1 aromatic carbocycles. The molecule has 2 saturated heterocycles. The summed E-state index contributed by atoms with van der Waals surface area (Å²) in [6, 6.07) is 3.20. The summed E-state index contributed by atoms with van der Waals surface area (Å²) >= 11 is 0. The van der Waals surface area contributed by atoms with Gasteiger partial charge in [-0.15, -0.1) is 0 Å². The van der Waals surface area contributed by atoms with Crippen molar-refractivity contribution in [3.8, 4) is 11.8 Å². The van der Waals surface area contributed by atoms with Crippen LogP contribution < -0.4 is 10.6 Å². The van der Waals surface area contributed by atoms with Crippen LogP contribution in [-0.2, 0) is 9.59 Å². The van der Waals surface area contributed by atoms with Gasteiger partial charge in [0.2, 0.25) is 11.8 Å². The number of aryl methyl sites for hydroxylation is 1. The van der Waals surface area contributed by atoms with Crippen LogP contribution in [0, 0.1) is 24.6 Å². The Morgan fingerprint density at radius 3 is 2.72 bits per heavy atom. The van der Waals surface area contributed by atoms with E-state index < -0.39 is 17.6 Å². The number of hydrogen-bond acceptors (Lipinski definition) is 4. The summed E-state index contributed by atoms with van der Waals surface area (Å²) in [5, 5.41) is 5.57. The van der Waals surface area contributed by atoms with Crippen molar-refractivity contribution in [2.75, 3.05) is 32.7 Å². The number of hydrogen-bond donors (Lipinski definition) is 2. The van der Waals surface area contributed by atoms with E-state index in [0.717, 1.165) is 26.2 Å². The highest BCUT2D eigenvalue weighted by Crippen LogP contribution is 2.30. The first-order valence-corrected chi connectivity index (χ1v) is 8.60. The molecule has 5 nitrogen and oxygen atoms in total. The molecule has 0 spiro atoms. The Hall–Kier alpha value is -2.23. The average Bonchev–Trinajstić information content (AvgIpc) is 2.57. The topological polar surface area (TPSA) is 61.4 Å². The van der Waals surface area contributed by atoms with E-state index in [1.807, 2.05) is 6.07 Å². The molecule has 1 aromatic rings. The highest BCUT2D eigenvalue weighted by Gasteiger charge is 2.31. The molecule has 0 saturated carbocycles. The van der Waals surface area contributed by atoms with Crippen LogP contribution >= 0.6 is 0 Å². The van der Waals surface area contributed by atoms with Crippen LogP contribution in [0.15, 0.2) is 12.1 Å². The molecule has 3 rings (SSSR count). The lowest BCUT2D eigenvalue weighted by Gasteiger charge is -2.24. The number of benzene rings is 1. The van der Waals surface area contributed by atoms with E-state index >= 15 is 0 Å². The fourth-order valence-corrected chi connectivity index (χ4v) is 3.36. The Balaban J connectivity index is 1.74. The fourth-order valence-electron chi connectivity index (χ4n) is 3.36. The molecule has 1 unspecified atom stereocenters. The molecular formula is C19H22FN3O2. The van der Waals surface area contributed by atoms with Crippen molar-refractivity contribution in [3.05, 3.63) is 34.6 Å². The Kier molecular flexibility index (Phi) is 5.47. The van der Waals surface area contributed by atoms with E-state index in [0.29, 0.717) is 29.7 Å². The van der Waals surface area contributed by atoms with Gasteiger partial charge in [0.25, 0.3) is 0 Å². The van der Waals surface area contributed by atoms with Gasteiger partial charge < -0.3 is 5.32 Å². The number of rotatable bonds is 2. The number of nitrogens with one attached hydrogen (secondary N) is 2. The van der Waals surface area contributed by atoms with Gasteiger partial charge in [0.1, 0.15) is 5.82 Å². The lowest BCUT2D eigenvalue weighted by atomic mass is 9.86. The number of piperazine rings is 1. The molecule has 0 aliphatic carbocycles. The van der Waals surface area contributed by atoms with Gasteiger partial charge in [-0.2, -0.15) is 0 Å². The predicted octanol–water partition coefficient (Wildman–Crippen LogP) is 0.911. The Bertz CT molecular complexity index is 722. The molecule has 2 N–H and O–H groups in total. The van der Waals surface area contributed by atoms with E-state index in [-0.39, 0.29) is 12.3 Å². The van der Waals surface area contributed by atoms with Gasteiger partial charge in [0.05, 0.1) is 12.5 Å². The standard InChI is InChI=1S/C19H22FN3O2/c1-13-11-14(3-2-8-23-9-6-21-7-10-23)12-16(20)18(13)15-4-5-17(24)22-19(15)25/h11-12,15,21H,4-10H2,1H3,(H,22,24,25). The smallest absolute Gasteiger partial charge is 0.234 e. The normalized spacial score (nSPS) is 21.4. The largest absolute Gasteiger partial charge is 0.314 e. The van der Waals surface area contributed by atoms with Crippen molar-refractivity contribution in [3.63, 3.8) is 0 Å². The number of carbonyl (C=O) groups is 2. The maximum atomic E-state index is 14.6. The third-order valence-corrected chi connectivity index (χ3v) is 4.67. The zero-order chi connectivity index (χ0) is 17.8. The summed E-state index contributed by atoms with van der Waals surface area (Å²) in [7, 11) is 0. The third kappa shape index (κ3) is 4.25. The van der Waals surface area contributed by atoms with Gasteiger partial charge in [-0.3, -0.25) is 19.8 Å². The second-order valence-electron chi connectivity index (χ2n) is 6.52. The van der Waals surface area contributed by atoms with Crippen molar-refractivity contribution in [2.45, 2.75) is 25.7 Å². The number of nitrogens with zero attached hydrogens (tertiary/aromatic N) is 1. The molecule has 2 amide bonds. The molecule has 2 aliphatic heterocycles. The summed E-state index contributed by atoms with van der Waals surface area (Å²) in [5.74, 6) is 4.35. The molecular weight excluding hydrogens is 321 g/mol. The van der Waals surface area contributed by atoms with Gasteiger partial charge in [-0.25, -0.2) is 4.39 Å². The van der Waals surface area contributed by atoms with Gasteiger partial charge in [0, 0.05) is 43.7 Å². The summed E-state index contributed by atoms with van der Waals surface area (Å²) in [6.07, 6.45) is 0.581. The van der Waals surface area contributed by atoms with Crippen LogP contribution in [0.1, 0.15) is 35.4 Å². The molecule has 2 fully saturated rings. The number of imide groups is 1. The molecule has 1 atom stereocenters. The molecule has 2 heterocycles. The first-order valence-electron chi connectivity index (χ1n) is 8.60. The Labute approximate surface area is 147 Å². The number of piperidine rings is 1. The molecule has 2 aliphatic rings. The van der Waals surface area contributed by atoms with Gasteiger partial charge in [-0.05, 0) is 31.0 Å². The second kappa shape index (κ2) is 7.77. The van der Waals surface area contributed by atoms with Gasteiger partial charge >= 0.3 is 0 Å². The van der Waals surface area contributed by atoms with Crippen LogP contribution in [0.4, 0.5) is 4.39 Å². The summed E-state index contributed by atoms with van der Waals surface area (Å²) in [5.41, 5.74) is 1.68. The zero-order valence-corrected chi connectivity index (χ0v) is 14.3. The van der Waals surface area contributed by atoms with E-state index in [4.69, 9.17) is 0 Å². The summed E-state index contributed by atoms with van der Waals surface area (Å²) < 4.78 is 14.6. The lowest BCUT2D eigenvalue weighted by molar-refractivity contribution is -0.134. The number of carbonyl (C=O) groups excluding carboxylic acids is 2. The van der Waals surface area contributed by atoms with Crippen LogP contribution in [0.3, 0.4) is 0 Å². The lowest BCUT2D eigenvalue weighted by Crippen LogP contribution is -2.43. The van der Waals surface area contributed by atoms with Crippen molar-refractivity contribution in [1.82, 2.24) is 15.5 Å². The fraction of sp³-hybridized carbons (Fsp3) is 0.474. The predicted molar refractivity (Wildman–Crippen MR) is 92.4 cm³/mol. The van der Waals surface area contributed by atoms with E-state index in [1.165, 1.54) is 6.07 Å². The van der Waals surface area contributed by atoms with Crippen molar-refractivity contribution < 1.29 is 14.0 Å². The molecule has 0 radical (unpaired) electrons. The van der Waals surface area contributed by atoms with Crippen LogP contribution in [0.25, 0.3) is 0 Å². The van der Waals surface area contributed by atoms with Gasteiger partial charge in [0.15, 0.2) is 0 Å². The molecule has 0 aromatic heterocycles. The number of halogens is 1.